The number of terminal acetylenes is 1. The van der Waals surface area contributed by atoms with Gasteiger partial charge in [0.2, 0.25) is 0 Å². The lowest BCUT2D eigenvalue weighted by Crippen LogP contribution is -2.29. The van der Waals surface area contributed by atoms with E-state index in [9.17, 15) is 10.1 Å². The number of rotatable bonds is 12. The van der Waals surface area contributed by atoms with Crippen LogP contribution in [0.25, 0.3) is 0 Å². The molecule has 0 spiro atoms. The molecule has 0 aliphatic heterocycles. The summed E-state index contributed by atoms with van der Waals surface area (Å²) in [6, 6.07) is 0. The van der Waals surface area contributed by atoms with Gasteiger partial charge in [-0.2, -0.15) is 11.8 Å². The summed E-state index contributed by atoms with van der Waals surface area (Å²) in [7, 11) is 2.08. The van der Waals surface area contributed by atoms with Crippen molar-refractivity contribution in [1.82, 2.24) is 20.5 Å². The van der Waals surface area contributed by atoms with E-state index >= 15 is 0 Å². The Hall–Kier alpha value is -1.76. The molecule has 0 fully saturated rings. The summed E-state index contributed by atoms with van der Waals surface area (Å²) >= 11 is 3.42. The van der Waals surface area contributed by atoms with E-state index in [0.717, 1.165) is 41.5 Å². The number of thioether (sulfide) groups is 1. The molecule has 0 saturated carbocycles. The quantitative estimate of drug-likeness (QED) is 0.251. The predicted molar refractivity (Wildman–Crippen MR) is 100 cm³/mol. The van der Waals surface area contributed by atoms with E-state index in [-0.39, 0.29) is 6.54 Å². The van der Waals surface area contributed by atoms with Gasteiger partial charge in [0.05, 0.1) is 23.7 Å². The monoisotopic (exact) mass is 369 g/mol. The van der Waals surface area contributed by atoms with Gasteiger partial charge in [-0.25, -0.2) is 4.98 Å². The molecule has 0 aliphatic rings. The number of nitrogens with zero attached hydrogens (tertiary/aromatic N) is 3. The molecule has 1 aromatic rings. The first-order chi connectivity index (χ1) is 11.5. The molecule has 0 saturated heterocycles. The van der Waals surface area contributed by atoms with Gasteiger partial charge in [-0.15, -0.1) is 17.8 Å². The van der Waals surface area contributed by atoms with Gasteiger partial charge in [0.1, 0.15) is 5.01 Å². The molecule has 132 valence electrons. The molecule has 0 atom stereocenters. The minimum Gasteiger partial charge on any atom is -0.366 e. The van der Waals surface area contributed by atoms with Crippen LogP contribution in [-0.2, 0) is 12.3 Å². The molecule has 7 nitrogen and oxygen atoms in total. The fourth-order valence-corrected chi connectivity index (χ4v) is 3.40. The normalized spacial score (nSPS) is 11.3. The lowest BCUT2D eigenvalue weighted by Gasteiger charge is -2.10. The second-order valence-corrected chi connectivity index (χ2v) is 6.98. The van der Waals surface area contributed by atoms with E-state index in [2.05, 4.69) is 45.8 Å². The second-order valence-electron chi connectivity index (χ2n) is 4.93. The Morgan fingerprint density at radius 2 is 2.42 bits per heavy atom. The number of aromatic nitrogens is 1. The Morgan fingerprint density at radius 3 is 3.08 bits per heavy atom. The van der Waals surface area contributed by atoms with Crippen LogP contribution in [0.4, 0.5) is 0 Å². The second kappa shape index (κ2) is 11.7. The fourth-order valence-electron chi connectivity index (χ4n) is 1.67. The van der Waals surface area contributed by atoms with Crippen molar-refractivity contribution in [2.24, 2.45) is 0 Å². The maximum Gasteiger partial charge on any atom is 0.274 e. The summed E-state index contributed by atoms with van der Waals surface area (Å²) in [6.45, 7) is 4.86. The molecular weight excluding hydrogens is 346 g/mol. The third-order valence-electron chi connectivity index (χ3n) is 2.97. The maximum atomic E-state index is 10.5. The summed E-state index contributed by atoms with van der Waals surface area (Å²) < 4.78 is 0. The SMILES string of the molecule is C#CCNC(=C[N+](=O)[O-])NCCSCc1csc(CN(C)CC)n1. The van der Waals surface area contributed by atoms with Crippen molar-refractivity contribution < 1.29 is 4.92 Å². The van der Waals surface area contributed by atoms with E-state index in [1.807, 2.05) is 0 Å². The van der Waals surface area contributed by atoms with Gasteiger partial charge in [-0.1, -0.05) is 12.8 Å². The molecule has 2 N–H and O–H groups in total. The average Bonchev–Trinajstić information content (AvgIpc) is 2.98. The largest absolute Gasteiger partial charge is 0.366 e. The highest BCUT2D eigenvalue weighted by Gasteiger charge is 2.05. The van der Waals surface area contributed by atoms with E-state index < -0.39 is 4.92 Å². The third kappa shape index (κ3) is 8.76. The van der Waals surface area contributed by atoms with Gasteiger partial charge in [0.15, 0.2) is 5.82 Å². The van der Waals surface area contributed by atoms with E-state index in [0.29, 0.717) is 12.4 Å². The molecule has 9 heteroatoms. The Morgan fingerprint density at radius 1 is 1.62 bits per heavy atom. The lowest BCUT2D eigenvalue weighted by atomic mass is 10.5. The molecule has 1 heterocycles. The van der Waals surface area contributed by atoms with Crippen LogP contribution >= 0.6 is 23.1 Å². The zero-order valence-electron chi connectivity index (χ0n) is 13.9. The minimum absolute atomic E-state index is 0.244. The van der Waals surface area contributed by atoms with Crippen LogP contribution in [0.2, 0.25) is 0 Å². The van der Waals surface area contributed by atoms with Gasteiger partial charge in [-0.05, 0) is 13.6 Å². The molecule has 0 amide bonds. The smallest absolute Gasteiger partial charge is 0.274 e. The van der Waals surface area contributed by atoms with Crippen molar-refractivity contribution in [3.05, 3.63) is 38.2 Å². The Kier molecular flexibility index (Phi) is 9.91. The van der Waals surface area contributed by atoms with Crippen molar-refractivity contribution in [1.29, 1.82) is 0 Å². The number of nitro groups is 1. The van der Waals surface area contributed by atoms with E-state index in [1.165, 1.54) is 0 Å². The van der Waals surface area contributed by atoms with Crippen molar-refractivity contribution >= 4 is 23.1 Å². The molecule has 24 heavy (non-hydrogen) atoms. The van der Waals surface area contributed by atoms with Crippen LogP contribution < -0.4 is 10.6 Å². The zero-order chi connectivity index (χ0) is 17.8. The van der Waals surface area contributed by atoms with Crippen molar-refractivity contribution in [3.63, 3.8) is 0 Å². The van der Waals surface area contributed by atoms with Crippen LogP contribution in [0, 0.1) is 22.5 Å². The van der Waals surface area contributed by atoms with Gasteiger partial charge >= 0.3 is 0 Å². The van der Waals surface area contributed by atoms with Crippen LogP contribution in [0.3, 0.4) is 0 Å². The summed E-state index contributed by atoms with van der Waals surface area (Å²) in [6.07, 6.45) is 6.03. The number of nitrogens with one attached hydrogen (secondary N) is 2. The van der Waals surface area contributed by atoms with E-state index in [1.54, 1.807) is 23.1 Å². The highest BCUT2D eigenvalue weighted by molar-refractivity contribution is 7.98. The Bertz CT molecular complexity index is 583. The molecule has 0 unspecified atom stereocenters. The summed E-state index contributed by atoms with van der Waals surface area (Å²) in [5, 5.41) is 19.5. The van der Waals surface area contributed by atoms with E-state index in [4.69, 9.17) is 6.42 Å². The fraction of sp³-hybridized carbons (Fsp3) is 0.533. The number of thiazole rings is 1. The van der Waals surface area contributed by atoms with Crippen LogP contribution in [0.15, 0.2) is 17.4 Å². The average molecular weight is 370 g/mol. The number of hydrogen-bond donors (Lipinski definition) is 2. The molecule has 0 radical (unpaired) electrons. The van der Waals surface area contributed by atoms with Crippen LogP contribution in [0.1, 0.15) is 17.6 Å². The molecule has 0 bridgehead atoms. The minimum atomic E-state index is -0.511. The van der Waals surface area contributed by atoms with Gasteiger partial charge in [-0.3, -0.25) is 15.0 Å². The van der Waals surface area contributed by atoms with Gasteiger partial charge in [0, 0.05) is 23.4 Å². The molecular formula is C15H23N5O2S2. The molecule has 1 aromatic heterocycles. The Labute approximate surface area is 151 Å². The van der Waals surface area contributed by atoms with Crippen LogP contribution in [-0.4, -0.2) is 47.2 Å². The topological polar surface area (TPSA) is 83.3 Å². The highest BCUT2D eigenvalue weighted by atomic mass is 32.2. The Balaban J connectivity index is 2.27. The van der Waals surface area contributed by atoms with Crippen molar-refractivity contribution in [2.45, 2.75) is 19.2 Å². The standard InChI is InChI=1S/C15H23N5O2S2/c1-4-6-16-14(9-20(21)22)17-7-8-23-11-13-12-24-15(18-13)10-19(3)5-2/h1,9,12,16-17H,5-8,10-11H2,2-3H3. The van der Waals surface area contributed by atoms with Gasteiger partial charge in [0.25, 0.3) is 6.20 Å². The van der Waals surface area contributed by atoms with Gasteiger partial charge < -0.3 is 10.6 Å². The summed E-state index contributed by atoms with van der Waals surface area (Å²) in [4.78, 5) is 16.8. The molecule has 0 aromatic carbocycles. The van der Waals surface area contributed by atoms with Crippen molar-refractivity contribution in [2.75, 3.05) is 32.4 Å². The predicted octanol–water partition coefficient (Wildman–Crippen LogP) is 1.72. The summed E-state index contributed by atoms with van der Waals surface area (Å²) in [5.74, 6) is 4.36. The first-order valence-electron chi connectivity index (χ1n) is 7.51. The third-order valence-corrected chi connectivity index (χ3v) is 4.85. The molecule has 0 aliphatic carbocycles. The van der Waals surface area contributed by atoms with Crippen LogP contribution in [0.5, 0.6) is 0 Å². The van der Waals surface area contributed by atoms with Crippen molar-refractivity contribution in [3.8, 4) is 12.3 Å². The first kappa shape index (κ1) is 20.3. The molecule has 1 rings (SSSR count). The maximum absolute atomic E-state index is 10.5. The summed E-state index contributed by atoms with van der Waals surface area (Å²) in [5.41, 5.74) is 1.08. The first-order valence-corrected chi connectivity index (χ1v) is 9.54. The highest BCUT2D eigenvalue weighted by Crippen LogP contribution is 2.16. The number of hydrogen-bond acceptors (Lipinski definition) is 8. The zero-order valence-corrected chi connectivity index (χ0v) is 15.6. The lowest BCUT2D eigenvalue weighted by molar-refractivity contribution is -0.404.